The number of nitrogens with zero attached hydrogens (tertiary/aromatic N) is 5. The van der Waals surface area contributed by atoms with Crippen molar-refractivity contribution >= 4 is 23.6 Å². The summed E-state index contributed by atoms with van der Waals surface area (Å²) < 4.78 is 19.1. The Labute approximate surface area is 151 Å². The van der Waals surface area contributed by atoms with E-state index in [-0.39, 0.29) is 41.4 Å². The molecule has 0 fully saturated rings. The highest BCUT2D eigenvalue weighted by atomic mass is 19.1. The number of nitrogens with one attached hydrogen (secondary N) is 1. The zero-order valence-electron chi connectivity index (χ0n) is 14.1. The van der Waals surface area contributed by atoms with Crippen LogP contribution in [-0.2, 0) is 18.4 Å². The summed E-state index contributed by atoms with van der Waals surface area (Å²) in [6.45, 7) is -0.284. The molecule has 0 aliphatic rings. The summed E-state index contributed by atoms with van der Waals surface area (Å²) >= 11 is 0. The second kappa shape index (κ2) is 7.56. The molecule has 0 aliphatic carbocycles. The van der Waals surface area contributed by atoms with E-state index in [1.807, 2.05) is 0 Å². The maximum absolute atomic E-state index is 13.0. The number of aryl methyl sites for hydroxylation is 1. The fourth-order valence-electron chi connectivity index (χ4n) is 2.04. The van der Waals surface area contributed by atoms with Crippen LogP contribution in [-0.4, -0.2) is 30.7 Å². The topological polar surface area (TPSA) is 138 Å². The van der Waals surface area contributed by atoms with Gasteiger partial charge in [0.2, 0.25) is 11.9 Å². The number of hydrogen-bond donors (Lipinski definition) is 2. The SMILES string of the molecule is Cn1nc(C(=O)OCc2nc(N)nc(Nc3ccc(F)cc3)n2)ccc1=O. The molecular formula is C16H14FN7O3. The maximum atomic E-state index is 13.0. The van der Waals surface area contributed by atoms with Gasteiger partial charge in [0.1, 0.15) is 5.82 Å². The van der Waals surface area contributed by atoms with Gasteiger partial charge in [-0.3, -0.25) is 4.79 Å². The van der Waals surface area contributed by atoms with Crippen LogP contribution < -0.4 is 16.6 Å². The zero-order valence-corrected chi connectivity index (χ0v) is 14.1. The fraction of sp³-hybridized carbons (Fsp3) is 0.125. The summed E-state index contributed by atoms with van der Waals surface area (Å²) in [5, 5.41) is 6.64. The van der Waals surface area contributed by atoms with Crippen molar-refractivity contribution in [2.75, 3.05) is 11.1 Å². The van der Waals surface area contributed by atoms with Crippen LogP contribution in [0.5, 0.6) is 0 Å². The fourth-order valence-corrected chi connectivity index (χ4v) is 2.04. The van der Waals surface area contributed by atoms with E-state index in [1.165, 1.54) is 43.4 Å². The van der Waals surface area contributed by atoms with Crippen molar-refractivity contribution in [3.05, 3.63) is 64.1 Å². The van der Waals surface area contributed by atoms with Gasteiger partial charge in [-0.1, -0.05) is 0 Å². The Morgan fingerprint density at radius 2 is 1.93 bits per heavy atom. The first-order valence-corrected chi connectivity index (χ1v) is 7.65. The molecule has 0 radical (unpaired) electrons. The minimum Gasteiger partial charge on any atom is -0.453 e. The number of carbonyl (C=O) groups excluding carboxylic acids is 1. The summed E-state index contributed by atoms with van der Waals surface area (Å²) in [5.41, 5.74) is 5.79. The highest BCUT2D eigenvalue weighted by Gasteiger charge is 2.13. The Morgan fingerprint density at radius 1 is 1.19 bits per heavy atom. The van der Waals surface area contributed by atoms with Crippen molar-refractivity contribution in [1.82, 2.24) is 24.7 Å². The molecule has 2 aromatic heterocycles. The molecule has 10 nitrogen and oxygen atoms in total. The van der Waals surface area contributed by atoms with E-state index in [9.17, 15) is 14.0 Å². The minimum atomic E-state index is -0.752. The summed E-state index contributed by atoms with van der Waals surface area (Å²) in [6.07, 6.45) is 0. The molecule has 0 unspecified atom stereocenters. The van der Waals surface area contributed by atoms with Crippen molar-refractivity contribution in [2.45, 2.75) is 6.61 Å². The van der Waals surface area contributed by atoms with Crippen LogP contribution in [0.1, 0.15) is 16.3 Å². The third-order valence-corrected chi connectivity index (χ3v) is 3.30. The van der Waals surface area contributed by atoms with E-state index >= 15 is 0 Å². The van der Waals surface area contributed by atoms with Gasteiger partial charge in [0.25, 0.3) is 5.56 Å². The largest absolute Gasteiger partial charge is 0.453 e. The predicted octanol–water partition coefficient (Wildman–Crippen LogP) is 0.787. The lowest BCUT2D eigenvalue weighted by Gasteiger charge is -2.08. The lowest BCUT2D eigenvalue weighted by Crippen LogP contribution is -2.22. The monoisotopic (exact) mass is 371 g/mol. The van der Waals surface area contributed by atoms with Crippen LogP contribution in [0.3, 0.4) is 0 Å². The summed E-state index contributed by atoms with van der Waals surface area (Å²) in [5.74, 6) is -1.00. The van der Waals surface area contributed by atoms with E-state index in [4.69, 9.17) is 10.5 Å². The third kappa shape index (κ3) is 4.60. The Morgan fingerprint density at radius 3 is 2.63 bits per heavy atom. The predicted molar refractivity (Wildman–Crippen MR) is 92.5 cm³/mol. The third-order valence-electron chi connectivity index (χ3n) is 3.30. The lowest BCUT2D eigenvalue weighted by molar-refractivity contribution is 0.0452. The highest BCUT2D eigenvalue weighted by molar-refractivity contribution is 5.86. The van der Waals surface area contributed by atoms with Gasteiger partial charge < -0.3 is 15.8 Å². The molecule has 3 aromatic rings. The molecule has 11 heteroatoms. The van der Waals surface area contributed by atoms with Gasteiger partial charge in [-0.2, -0.15) is 20.1 Å². The van der Waals surface area contributed by atoms with Crippen LogP contribution in [0.25, 0.3) is 0 Å². The van der Waals surface area contributed by atoms with Crippen LogP contribution in [0.2, 0.25) is 0 Å². The van der Waals surface area contributed by atoms with E-state index < -0.39 is 5.97 Å². The average Bonchev–Trinajstić information content (AvgIpc) is 2.63. The minimum absolute atomic E-state index is 0.0382. The number of nitrogens with two attached hydrogens (primary N) is 1. The highest BCUT2D eigenvalue weighted by Crippen LogP contribution is 2.14. The van der Waals surface area contributed by atoms with Crippen molar-refractivity contribution < 1.29 is 13.9 Å². The van der Waals surface area contributed by atoms with E-state index in [2.05, 4.69) is 25.4 Å². The second-order valence-corrected chi connectivity index (χ2v) is 5.32. The second-order valence-electron chi connectivity index (χ2n) is 5.32. The molecule has 3 rings (SSSR count). The molecule has 0 saturated carbocycles. The van der Waals surface area contributed by atoms with Gasteiger partial charge in [0.05, 0.1) is 0 Å². The summed E-state index contributed by atoms with van der Waals surface area (Å²) in [6, 6.07) is 8.01. The molecule has 2 heterocycles. The quantitative estimate of drug-likeness (QED) is 0.623. The number of halogens is 1. The first-order valence-electron chi connectivity index (χ1n) is 7.65. The Hall–Kier alpha value is -3.89. The van der Waals surface area contributed by atoms with Gasteiger partial charge >= 0.3 is 5.97 Å². The molecule has 0 saturated heterocycles. The van der Waals surface area contributed by atoms with Gasteiger partial charge in [-0.25, -0.2) is 13.9 Å². The van der Waals surface area contributed by atoms with Crippen LogP contribution in [0, 0.1) is 5.82 Å². The van der Waals surface area contributed by atoms with Crippen LogP contribution >= 0.6 is 0 Å². The number of hydrogen-bond acceptors (Lipinski definition) is 9. The molecule has 0 amide bonds. The smallest absolute Gasteiger partial charge is 0.359 e. The normalized spacial score (nSPS) is 10.4. The van der Waals surface area contributed by atoms with Gasteiger partial charge in [0, 0.05) is 18.8 Å². The summed E-state index contributed by atoms with van der Waals surface area (Å²) in [7, 11) is 1.42. The molecular weight excluding hydrogens is 357 g/mol. The average molecular weight is 371 g/mol. The Bertz CT molecular complexity index is 1040. The number of rotatable bonds is 5. The summed E-state index contributed by atoms with van der Waals surface area (Å²) in [4.78, 5) is 35.2. The van der Waals surface area contributed by atoms with Crippen molar-refractivity contribution in [3.63, 3.8) is 0 Å². The number of aromatic nitrogens is 5. The molecule has 0 bridgehead atoms. The van der Waals surface area contributed by atoms with E-state index in [0.717, 1.165) is 4.68 Å². The van der Waals surface area contributed by atoms with Crippen molar-refractivity contribution in [2.24, 2.45) is 7.05 Å². The first kappa shape index (κ1) is 17.9. The Kier molecular flexibility index (Phi) is 5.01. The van der Waals surface area contributed by atoms with Gasteiger partial charge in [-0.05, 0) is 30.3 Å². The molecule has 0 spiro atoms. The number of carbonyl (C=O) groups is 1. The van der Waals surface area contributed by atoms with Gasteiger partial charge in [-0.15, -0.1) is 0 Å². The molecule has 1 aromatic carbocycles. The number of anilines is 3. The van der Waals surface area contributed by atoms with Crippen LogP contribution in [0.15, 0.2) is 41.2 Å². The standard InChI is InChI=1S/C16H14FN7O3/c1-24-13(25)7-6-11(23-24)14(26)27-8-12-20-15(18)22-16(21-12)19-10-4-2-9(17)3-5-10/h2-7H,8H2,1H3,(H3,18,19,20,21,22). The Balaban J connectivity index is 1.70. The van der Waals surface area contributed by atoms with Gasteiger partial charge in [0.15, 0.2) is 18.1 Å². The molecule has 3 N–H and O–H groups in total. The van der Waals surface area contributed by atoms with Crippen LogP contribution in [0.4, 0.5) is 22.0 Å². The van der Waals surface area contributed by atoms with E-state index in [0.29, 0.717) is 5.69 Å². The van der Waals surface area contributed by atoms with E-state index in [1.54, 1.807) is 0 Å². The zero-order chi connectivity index (χ0) is 19.4. The number of benzene rings is 1. The molecule has 0 aliphatic heterocycles. The lowest BCUT2D eigenvalue weighted by atomic mass is 10.3. The first-order chi connectivity index (χ1) is 12.9. The maximum Gasteiger partial charge on any atom is 0.359 e. The number of ether oxygens (including phenoxy) is 1. The van der Waals surface area contributed by atoms with Crippen molar-refractivity contribution in [1.29, 1.82) is 0 Å². The molecule has 0 atom stereocenters. The number of nitrogen functional groups attached to an aromatic ring is 1. The molecule has 27 heavy (non-hydrogen) atoms. The number of esters is 1. The van der Waals surface area contributed by atoms with Crippen molar-refractivity contribution in [3.8, 4) is 0 Å². The molecule has 138 valence electrons.